The van der Waals surface area contributed by atoms with Crippen LogP contribution in [0.25, 0.3) is 0 Å². The number of thiol groups is 1. The van der Waals surface area contributed by atoms with E-state index >= 15 is 0 Å². The Labute approximate surface area is 314 Å². The van der Waals surface area contributed by atoms with Gasteiger partial charge in [0.15, 0.2) is 0 Å². The lowest BCUT2D eigenvalue weighted by molar-refractivity contribution is -0.142. The zero-order valence-electron chi connectivity index (χ0n) is 30.9. The van der Waals surface area contributed by atoms with E-state index in [4.69, 9.17) is 0 Å². The van der Waals surface area contributed by atoms with Gasteiger partial charge in [-0.1, -0.05) is 59.8 Å². The molecule has 1 fully saturated rings. The van der Waals surface area contributed by atoms with Crippen molar-refractivity contribution in [1.82, 2.24) is 31.9 Å². The third-order valence-electron chi connectivity index (χ3n) is 8.66. The lowest BCUT2D eigenvalue weighted by Gasteiger charge is -2.30. The van der Waals surface area contributed by atoms with E-state index in [0.717, 1.165) is 39.0 Å². The Morgan fingerprint density at radius 3 is 1.62 bits per heavy atom. The summed E-state index contributed by atoms with van der Waals surface area (Å²) in [6.45, 7) is 7.80. The SMILES string of the molecule is CC(=O)N[C@@H](CC(=O)O)C(=O)N[C@@H](C(=O)N[C@@H](CC(C)C)C(=O)N[C@@H](CCC(=O)O)C(=O)N[C@@H](CC1CCCCC1)C(=O)N[C@@H](CS)C(=O)O)C(C)C. The summed E-state index contributed by atoms with van der Waals surface area (Å²) in [7, 11) is 0. The zero-order chi connectivity index (χ0) is 40.4. The molecule has 0 unspecified atom stereocenters. The molecule has 6 atom stereocenters. The summed E-state index contributed by atoms with van der Waals surface area (Å²) < 4.78 is 0. The quantitative estimate of drug-likeness (QED) is 0.0612. The molecule has 0 heterocycles. The van der Waals surface area contributed by atoms with Crippen LogP contribution in [0.15, 0.2) is 0 Å². The number of carboxylic acid groups (broad SMARTS) is 3. The predicted molar refractivity (Wildman–Crippen MR) is 193 cm³/mol. The fraction of sp³-hybridized carbons (Fsp3) is 0.735. The summed E-state index contributed by atoms with van der Waals surface area (Å²) in [6, 6.07) is -8.10. The molecule has 0 bridgehead atoms. The van der Waals surface area contributed by atoms with E-state index in [1.807, 2.05) is 0 Å². The number of nitrogens with one attached hydrogen (secondary N) is 6. The van der Waals surface area contributed by atoms with E-state index in [-0.39, 0.29) is 36.9 Å². The summed E-state index contributed by atoms with van der Waals surface area (Å²) in [5.74, 6) is -9.86. The van der Waals surface area contributed by atoms with Crippen molar-refractivity contribution in [3.8, 4) is 0 Å². The molecule has 19 heteroatoms. The molecule has 6 amide bonds. The number of carbonyl (C=O) groups excluding carboxylic acids is 6. The van der Waals surface area contributed by atoms with Gasteiger partial charge in [-0.25, -0.2) is 4.79 Å². The Hall–Kier alpha value is -4.42. The molecule has 1 rings (SSSR count). The fourth-order valence-electron chi connectivity index (χ4n) is 5.91. The van der Waals surface area contributed by atoms with Crippen molar-refractivity contribution in [2.24, 2.45) is 17.8 Å². The fourth-order valence-corrected chi connectivity index (χ4v) is 6.16. The van der Waals surface area contributed by atoms with E-state index in [2.05, 4.69) is 44.5 Å². The summed E-state index contributed by atoms with van der Waals surface area (Å²) in [5.41, 5.74) is 0. The molecule has 0 aromatic rings. The lowest BCUT2D eigenvalue weighted by atomic mass is 9.84. The van der Waals surface area contributed by atoms with Crippen LogP contribution in [0.1, 0.15) is 98.8 Å². The van der Waals surface area contributed by atoms with Crippen LogP contribution in [0.5, 0.6) is 0 Å². The Morgan fingerprint density at radius 1 is 0.623 bits per heavy atom. The zero-order valence-corrected chi connectivity index (χ0v) is 31.8. The van der Waals surface area contributed by atoms with Crippen LogP contribution < -0.4 is 31.9 Å². The van der Waals surface area contributed by atoms with Crippen LogP contribution >= 0.6 is 12.6 Å². The van der Waals surface area contributed by atoms with Gasteiger partial charge in [-0.05, 0) is 37.0 Å². The maximum Gasteiger partial charge on any atom is 0.327 e. The van der Waals surface area contributed by atoms with E-state index in [1.165, 1.54) is 0 Å². The number of hydrogen-bond donors (Lipinski definition) is 10. The molecular weight excluding hydrogens is 716 g/mol. The van der Waals surface area contributed by atoms with Crippen molar-refractivity contribution in [1.29, 1.82) is 0 Å². The van der Waals surface area contributed by atoms with E-state index in [1.54, 1.807) is 27.7 Å². The van der Waals surface area contributed by atoms with Crippen LogP contribution in [0.2, 0.25) is 0 Å². The van der Waals surface area contributed by atoms with Crippen LogP contribution in [0.4, 0.5) is 0 Å². The van der Waals surface area contributed by atoms with Crippen LogP contribution in [0.3, 0.4) is 0 Å². The maximum absolute atomic E-state index is 13.7. The number of hydrogen-bond acceptors (Lipinski definition) is 10. The molecule has 1 aliphatic carbocycles. The van der Waals surface area contributed by atoms with Gasteiger partial charge in [-0.3, -0.25) is 38.4 Å². The molecule has 53 heavy (non-hydrogen) atoms. The van der Waals surface area contributed by atoms with Crippen molar-refractivity contribution in [3.05, 3.63) is 0 Å². The first-order valence-corrected chi connectivity index (χ1v) is 18.4. The third kappa shape index (κ3) is 17.8. The standard InChI is InChI=1S/C34H56N6O12S/c1-17(2)13-22(38-33(50)28(18(3)4)40-32(49)24(15-27(44)45)35-19(5)41)30(47)36-21(11-12-26(42)43)29(46)37-23(14-20-9-7-6-8-10-20)31(48)39-25(16-53)34(51)52/h17-18,20-25,28,53H,6-16H2,1-5H3,(H,35,41)(H,36,47)(H,37,46)(H,38,50)(H,39,48)(H,40,49)(H,42,43)(H,44,45)(H,51,52)/t21-,22-,23-,24-,25-,28+/m0/s1. The Kier molecular flexibility index (Phi) is 20.5. The minimum Gasteiger partial charge on any atom is -0.481 e. The Balaban J connectivity index is 3.31. The molecule has 9 N–H and O–H groups in total. The molecule has 0 aliphatic heterocycles. The average Bonchev–Trinajstić information content (AvgIpc) is 3.05. The first-order chi connectivity index (χ1) is 24.7. The van der Waals surface area contributed by atoms with E-state index in [9.17, 15) is 58.5 Å². The smallest absolute Gasteiger partial charge is 0.327 e. The molecule has 0 spiro atoms. The number of aliphatic carboxylic acids is 3. The second-order valence-electron chi connectivity index (χ2n) is 14.1. The number of amides is 6. The van der Waals surface area contributed by atoms with Gasteiger partial charge in [0.1, 0.15) is 36.3 Å². The predicted octanol–water partition coefficient (Wildman–Crippen LogP) is -0.0585. The molecule has 0 aromatic carbocycles. The van der Waals surface area contributed by atoms with Gasteiger partial charge in [-0.15, -0.1) is 0 Å². The molecule has 1 aliphatic rings. The molecular formula is C34H56N6O12S. The third-order valence-corrected chi connectivity index (χ3v) is 9.03. The van der Waals surface area contributed by atoms with E-state index < -0.39 is 108 Å². The first-order valence-electron chi connectivity index (χ1n) is 17.8. The highest BCUT2D eigenvalue weighted by atomic mass is 32.1. The normalized spacial score (nSPS) is 16.5. The second kappa shape index (κ2) is 23.3. The topological polar surface area (TPSA) is 286 Å². The van der Waals surface area contributed by atoms with E-state index in [0.29, 0.717) is 0 Å². The van der Waals surface area contributed by atoms with Gasteiger partial charge in [0.25, 0.3) is 0 Å². The van der Waals surface area contributed by atoms with Gasteiger partial charge < -0.3 is 47.2 Å². The number of carboxylic acids is 3. The molecule has 18 nitrogen and oxygen atoms in total. The molecule has 0 radical (unpaired) electrons. The highest BCUT2D eigenvalue weighted by molar-refractivity contribution is 7.80. The first kappa shape index (κ1) is 46.6. The molecule has 0 saturated heterocycles. The minimum absolute atomic E-state index is 0.0452. The summed E-state index contributed by atoms with van der Waals surface area (Å²) in [6.07, 6.45) is 2.96. The highest BCUT2D eigenvalue weighted by Crippen LogP contribution is 2.27. The van der Waals surface area contributed by atoms with Crippen molar-refractivity contribution in [3.63, 3.8) is 0 Å². The highest BCUT2D eigenvalue weighted by Gasteiger charge is 2.35. The Morgan fingerprint density at radius 2 is 1.13 bits per heavy atom. The van der Waals surface area contributed by atoms with Crippen LogP contribution in [-0.2, 0) is 43.2 Å². The average molecular weight is 773 g/mol. The molecule has 0 aromatic heterocycles. The van der Waals surface area contributed by atoms with Crippen molar-refractivity contribution in [2.45, 2.75) is 135 Å². The van der Waals surface area contributed by atoms with Crippen molar-refractivity contribution >= 4 is 66.0 Å². The largest absolute Gasteiger partial charge is 0.481 e. The second-order valence-corrected chi connectivity index (χ2v) is 14.5. The van der Waals surface area contributed by atoms with Crippen LogP contribution in [0, 0.1) is 17.8 Å². The molecule has 1 saturated carbocycles. The summed E-state index contributed by atoms with van der Waals surface area (Å²) in [4.78, 5) is 113. The van der Waals surface area contributed by atoms with Gasteiger partial charge in [0, 0.05) is 19.1 Å². The number of rotatable bonds is 23. The van der Waals surface area contributed by atoms with Gasteiger partial charge >= 0.3 is 17.9 Å². The van der Waals surface area contributed by atoms with Gasteiger partial charge in [0.2, 0.25) is 35.4 Å². The Bertz CT molecular complexity index is 1310. The van der Waals surface area contributed by atoms with Crippen molar-refractivity contribution in [2.75, 3.05) is 5.75 Å². The summed E-state index contributed by atoms with van der Waals surface area (Å²) in [5, 5.41) is 42.7. The van der Waals surface area contributed by atoms with Gasteiger partial charge in [0.05, 0.1) is 6.42 Å². The number of carbonyl (C=O) groups is 9. The van der Waals surface area contributed by atoms with Crippen molar-refractivity contribution < 1.29 is 58.5 Å². The van der Waals surface area contributed by atoms with Gasteiger partial charge in [-0.2, -0.15) is 12.6 Å². The lowest BCUT2D eigenvalue weighted by Crippen LogP contribution is -2.60. The monoisotopic (exact) mass is 772 g/mol. The maximum atomic E-state index is 13.7. The van der Waals surface area contributed by atoms with Crippen LogP contribution in [-0.4, -0.2) is 111 Å². The molecule has 300 valence electrons. The minimum atomic E-state index is -1.49. The summed E-state index contributed by atoms with van der Waals surface area (Å²) >= 11 is 3.98.